The van der Waals surface area contributed by atoms with Gasteiger partial charge in [0.05, 0.1) is 11.0 Å². The highest BCUT2D eigenvalue weighted by Gasteiger charge is 2.06. The third kappa shape index (κ3) is 3.74. The minimum Gasteiger partial charge on any atom is -0.361 e. The van der Waals surface area contributed by atoms with Crippen molar-refractivity contribution in [2.24, 2.45) is 0 Å². The summed E-state index contributed by atoms with van der Waals surface area (Å²) in [5.41, 5.74) is 5.66. The van der Waals surface area contributed by atoms with Crippen molar-refractivity contribution in [3.8, 4) is 0 Å². The first-order valence-corrected chi connectivity index (χ1v) is 8.49. The molecule has 0 spiro atoms. The highest BCUT2D eigenvalue weighted by molar-refractivity contribution is 7.80. The maximum atomic E-state index is 5.40. The standard InChI is InChI=1S/C19H22N4S/c1-13-10-14(2)12-16(11-13)22-19(24)20-8-9-23-15(3)21-17-6-4-5-7-18(17)23/h4-7,10-12H,8-9H2,1-3H3,(H2,20,22,24). The van der Waals surface area contributed by atoms with Gasteiger partial charge in [0.1, 0.15) is 5.82 Å². The van der Waals surface area contributed by atoms with Crippen LogP contribution in [0.15, 0.2) is 42.5 Å². The predicted octanol–water partition coefficient (Wildman–Crippen LogP) is 3.95. The minimum atomic E-state index is 0.641. The first kappa shape index (κ1) is 16.5. The van der Waals surface area contributed by atoms with Crippen LogP contribution in [0.5, 0.6) is 0 Å². The first-order chi connectivity index (χ1) is 11.5. The molecule has 0 aliphatic heterocycles. The fourth-order valence-electron chi connectivity index (χ4n) is 2.98. The van der Waals surface area contributed by atoms with E-state index in [9.17, 15) is 0 Å². The molecule has 2 N–H and O–H groups in total. The summed E-state index contributed by atoms with van der Waals surface area (Å²) in [5.74, 6) is 1.02. The third-order valence-electron chi connectivity index (χ3n) is 3.95. The van der Waals surface area contributed by atoms with E-state index >= 15 is 0 Å². The first-order valence-electron chi connectivity index (χ1n) is 8.08. The molecule has 3 aromatic rings. The largest absolute Gasteiger partial charge is 0.361 e. The van der Waals surface area contributed by atoms with Crippen molar-refractivity contribution >= 4 is 34.1 Å². The molecule has 0 amide bonds. The number of benzene rings is 2. The Kier molecular flexibility index (Phi) is 4.81. The highest BCUT2D eigenvalue weighted by Crippen LogP contribution is 2.15. The second kappa shape index (κ2) is 7.01. The van der Waals surface area contributed by atoms with Crippen LogP contribution in [0.4, 0.5) is 5.69 Å². The number of anilines is 1. The fraction of sp³-hybridized carbons (Fsp3) is 0.263. The number of hydrogen-bond donors (Lipinski definition) is 2. The minimum absolute atomic E-state index is 0.641. The lowest BCUT2D eigenvalue weighted by Crippen LogP contribution is -2.31. The lowest BCUT2D eigenvalue weighted by Gasteiger charge is -2.13. The lowest BCUT2D eigenvalue weighted by molar-refractivity contribution is 0.673. The Labute approximate surface area is 147 Å². The SMILES string of the molecule is Cc1cc(C)cc(NC(=S)NCCn2c(C)nc3ccccc32)c1. The number of thiocarbonyl (C=S) groups is 1. The lowest BCUT2D eigenvalue weighted by atomic mass is 10.1. The summed E-state index contributed by atoms with van der Waals surface area (Å²) in [7, 11) is 0. The van der Waals surface area contributed by atoms with Gasteiger partial charge in [-0.2, -0.15) is 0 Å². The van der Waals surface area contributed by atoms with E-state index in [1.807, 2.05) is 25.1 Å². The smallest absolute Gasteiger partial charge is 0.170 e. The maximum Gasteiger partial charge on any atom is 0.170 e. The normalized spacial score (nSPS) is 10.8. The Morgan fingerprint density at radius 3 is 2.54 bits per heavy atom. The van der Waals surface area contributed by atoms with Crippen LogP contribution in [-0.4, -0.2) is 21.2 Å². The second-order valence-corrected chi connectivity index (χ2v) is 6.46. The van der Waals surface area contributed by atoms with Crippen LogP contribution in [-0.2, 0) is 6.54 Å². The van der Waals surface area contributed by atoms with Crippen LogP contribution in [0.1, 0.15) is 17.0 Å². The van der Waals surface area contributed by atoms with Gasteiger partial charge in [0, 0.05) is 18.8 Å². The Morgan fingerprint density at radius 2 is 1.79 bits per heavy atom. The molecule has 1 heterocycles. The molecule has 0 bridgehead atoms. The van der Waals surface area contributed by atoms with E-state index in [2.05, 4.69) is 58.3 Å². The summed E-state index contributed by atoms with van der Waals surface area (Å²) in [6.45, 7) is 7.77. The zero-order chi connectivity index (χ0) is 17.1. The van der Waals surface area contributed by atoms with Gasteiger partial charge in [0.15, 0.2) is 5.11 Å². The van der Waals surface area contributed by atoms with Gasteiger partial charge in [-0.15, -0.1) is 0 Å². The quantitative estimate of drug-likeness (QED) is 0.707. The van der Waals surface area contributed by atoms with Crippen LogP contribution in [0.3, 0.4) is 0 Å². The average molecular weight is 338 g/mol. The Morgan fingerprint density at radius 1 is 1.08 bits per heavy atom. The van der Waals surface area contributed by atoms with E-state index in [1.165, 1.54) is 11.1 Å². The molecule has 124 valence electrons. The van der Waals surface area contributed by atoms with Crippen molar-refractivity contribution in [1.82, 2.24) is 14.9 Å². The Hall–Kier alpha value is -2.40. The van der Waals surface area contributed by atoms with Crippen molar-refractivity contribution in [3.05, 3.63) is 59.4 Å². The molecule has 1 aromatic heterocycles. The van der Waals surface area contributed by atoms with Crippen LogP contribution in [0, 0.1) is 20.8 Å². The summed E-state index contributed by atoms with van der Waals surface area (Å²) in [5, 5.41) is 7.16. The van der Waals surface area contributed by atoms with E-state index in [4.69, 9.17) is 12.2 Å². The molecular formula is C19H22N4S. The summed E-state index contributed by atoms with van der Waals surface area (Å²) in [6.07, 6.45) is 0. The molecule has 0 saturated heterocycles. The van der Waals surface area contributed by atoms with Crippen LogP contribution >= 0.6 is 12.2 Å². The van der Waals surface area contributed by atoms with Gasteiger partial charge in [0.25, 0.3) is 0 Å². The Balaban J connectivity index is 1.59. The van der Waals surface area contributed by atoms with Crippen molar-refractivity contribution < 1.29 is 0 Å². The molecule has 0 fully saturated rings. The number of imidazole rings is 1. The number of nitrogens with one attached hydrogen (secondary N) is 2. The molecule has 0 unspecified atom stereocenters. The highest BCUT2D eigenvalue weighted by atomic mass is 32.1. The molecule has 0 radical (unpaired) electrons. The number of fused-ring (bicyclic) bond motifs is 1. The molecule has 2 aromatic carbocycles. The van der Waals surface area contributed by atoms with Crippen molar-refractivity contribution in [1.29, 1.82) is 0 Å². The average Bonchev–Trinajstić information content (AvgIpc) is 2.82. The summed E-state index contributed by atoms with van der Waals surface area (Å²) < 4.78 is 2.21. The van der Waals surface area contributed by atoms with Gasteiger partial charge in [0.2, 0.25) is 0 Å². The van der Waals surface area contributed by atoms with Gasteiger partial charge in [-0.1, -0.05) is 18.2 Å². The maximum absolute atomic E-state index is 5.40. The number of hydrogen-bond acceptors (Lipinski definition) is 2. The van der Waals surface area contributed by atoms with Gasteiger partial charge >= 0.3 is 0 Å². The second-order valence-electron chi connectivity index (χ2n) is 6.06. The van der Waals surface area contributed by atoms with Gasteiger partial charge in [-0.3, -0.25) is 0 Å². The van der Waals surface area contributed by atoms with Gasteiger partial charge in [-0.05, 0) is 68.4 Å². The number of aryl methyl sites for hydroxylation is 3. The summed E-state index contributed by atoms with van der Waals surface area (Å²) in [4.78, 5) is 4.58. The van der Waals surface area contributed by atoms with Crippen molar-refractivity contribution in [2.75, 3.05) is 11.9 Å². The molecule has 0 atom stereocenters. The van der Waals surface area contributed by atoms with E-state index in [0.717, 1.165) is 35.6 Å². The number of para-hydroxylation sites is 2. The molecule has 5 heteroatoms. The topological polar surface area (TPSA) is 41.9 Å². The molecule has 0 saturated carbocycles. The van der Waals surface area contributed by atoms with E-state index in [0.29, 0.717) is 5.11 Å². The monoisotopic (exact) mass is 338 g/mol. The number of aromatic nitrogens is 2. The van der Waals surface area contributed by atoms with Crippen molar-refractivity contribution in [3.63, 3.8) is 0 Å². The molecule has 24 heavy (non-hydrogen) atoms. The van der Waals surface area contributed by atoms with Gasteiger partial charge in [-0.25, -0.2) is 4.98 Å². The van der Waals surface area contributed by atoms with Crippen LogP contribution in [0.2, 0.25) is 0 Å². The van der Waals surface area contributed by atoms with E-state index in [1.54, 1.807) is 0 Å². The molecule has 0 aliphatic carbocycles. The van der Waals surface area contributed by atoms with Crippen LogP contribution in [0.25, 0.3) is 11.0 Å². The number of nitrogens with zero attached hydrogens (tertiary/aromatic N) is 2. The molecule has 4 nitrogen and oxygen atoms in total. The third-order valence-corrected chi connectivity index (χ3v) is 4.19. The molecule has 3 rings (SSSR count). The summed E-state index contributed by atoms with van der Waals surface area (Å²) in [6, 6.07) is 14.5. The van der Waals surface area contributed by atoms with E-state index in [-0.39, 0.29) is 0 Å². The van der Waals surface area contributed by atoms with Crippen molar-refractivity contribution in [2.45, 2.75) is 27.3 Å². The Bertz CT molecular complexity index is 862. The van der Waals surface area contributed by atoms with Crippen LogP contribution < -0.4 is 10.6 Å². The fourth-order valence-corrected chi connectivity index (χ4v) is 3.20. The van der Waals surface area contributed by atoms with E-state index < -0.39 is 0 Å². The molecule has 0 aliphatic rings. The zero-order valence-corrected chi connectivity index (χ0v) is 15.1. The predicted molar refractivity (Wildman–Crippen MR) is 105 cm³/mol. The van der Waals surface area contributed by atoms with Gasteiger partial charge < -0.3 is 15.2 Å². The number of rotatable bonds is 4. The summed E-state index contributed by atoms with van der Waals surface area (Å²) >= 11 is 5.40. The zero-order valence-electron chi connectivity index (χ0n) is 14.3. The molecular weight excluding hydrogens is 316 g/mol.